The molecule has 1 fully saturated rings. The monoisotopic (exact) mass is 439 g/mol. The van der Waals surface area contributed by atoms with Gasteiger partial charge in [0.2, 0.25) is 5.91 Å². The SMILES string of the molecule is CCOc1ccc(-c2c(C)sc3nc(C)n(CC(=O)N4CCC(C)CC4)c(=O)c23)cc1. The summed E-state index contributed by atoms with van der Waals surface area (Å²) < 4.78 is 7.08. The first-order chi connectivity index (χ1) is 14.9. The number of likely N-dealkylation sites (tertiary alicyclic amines) is 1. The number of benzene rings is 1. The van der Waals surface area contributed by atoms with Crippen LogP contribution in [-0.4, -0.2) is 40.1 Å². The molecule has 0 spiro atoms. The van der Waals surface area contributed by atoms with Crippen molar-refractivity contribution in [2.45, 2.75) is 47.1 Å². The Hall–Kier alpha value is -2.67. The summed E-state index contributed by atoms with van der Waals surface area (Å²) in [5, 5.41) is 0.595. The number of rotatable bonds is 5. The Bertz CT molecular complexity index is 1160. The molecule has 1 amide bonds. The number of fused-ring (bicyclic) bond motifs is 1. The van der Waals surface area contributed by atoms with E-state index < -0.39 is 0 Å². The molecule has 0 N–H and O–H groups in total. The molecule has 7 heteroatoms. The predicted molar refractivity (Wildman–Crippen MR) is 125 cm³/mol. The van der Waals surface area contributed by atoms with Crippen molar-refractivity contribution in [1.29, 1.82) is 0 Å². The number of carbonyl (C=O) groups excluding carboxylic acids is 1. The summed E-state index contributed by atoms with van der Waals surface area (Å²) in [4.78, 5) is 34.8. The second-order valence-corrected chi connectivity index (χ2v) is 9.49. The third kappa shape index (κ3) is 4.24. The largest absolute Gasteiger partial charge is 0.494 e. The minimum absolute atomic E-state index is 0.00665. The van der Waals surface area contributed by atoms with E-state index in [0.717, 1.165) is 52.5 Å². The van der Waals surface area contributed by atoms with Gasteiger partial charge in [0, 0.05) is 23.5 Å². The fourth-order valence-corrected chi connectivity index (χ4v) is 5.29. The number of piperidine rings is 1. The summed E-state index contributed by atoms with van der Waals surface area (Å²) >= 11 is 1.52. The van der Waals surface area contributed by atoms with E-state index in [2.05, 4.69) is 11.9 Å². The molecule has 31 heavy (non-hydrogen) atoms. The van der Waals surface area contributed by atoms with Gasteiger partial charge in [-0.2, -0.15) is 0 Å². The third-order valence-electron chi connectivity index (χ3n) is 6.06. The van der Waals surface area contributed by atoms with Gasteiger partial charge in [-0.25, -0.2) is 4.98 Å². The van der Waals surface area contributed by atoms with Gasteiger partial charge in [0.15, 0.2) is 0 Å². The second-order valence-electron chi connectivity index (χ2n) is 8.28. The highest BCUT2D eigenvalue weighted by molar-refractivity contribution is 7.19. The van der Waals surface area contributed by atoms with Crippen LogP contribution in [0.3, 0.4) is 0 Å². The van der Waals surface area contributed by atoms with Crippen LogP contribution in [0.1, 0.15) is 37.4 Å². The van der Waals surface area contributed by atoms with Crippen molar-refractivity contribution in [3.05, 3.63) is 45.3 Å². The molecule has 3 aromatic rings. The van der Waals surface area contributed by atoms with Crippen molar-refractivity contribution >= 4 is 27.5 Å². The number of hydrogen-bond acceptors (Lipinski definition) is 5. The number of carbonyl (C=O) groups is 1. The first-order valence-electron chi connectivity index (χ1n) is 10.9. The maximum atomic E-state index is 13.5. The summed E-state index contributed by atoms with van der Waals surface area (Å²) in [6, 6.07) is 7.79. The number of aryl methyl sites for hydroxylation is 2. The van der Waals surface area contributed by atoms with E-state index in [1.54, 1.807) is 6.92 Å². The summed E-state index contributed by atoms with van der Waals surface area (Å²) in [5.41, 5.74) is 1.71. The molecule has 1 aliphatic heterocycles. The molecule has 1 saturated heterocycles. The first-order valence-corrected chi connectivity index (χ1v) is 11.7. The van der Waals surface area contributed by atoms with Crippen LogP contribution in [0.15, 0.2) is 29.1 Å². The molecule has 6 nitrogen and oxygen atoms in total. The van der Waals surface area contributed by atoms with E-state index in [1.165, 1.54) is 15.9 Å². The molecule has 0 bridgehead atoms. The number of thiophene rings is 1. The molecule has 0 saturated carbocycles. The molecule has 1 aromatic carbocycles. The van der Waals surface area contributed by atoms with Gasteiger partial charge < -0.3 is 9.64 Å². The van der Waals surface area contributed by atoms with Crippen LogP contribution < -0.4 is 10.3 Å². The van der Waals surface area contributed by atoms with Crippen molar-refractivity contribution < 1.29 is 9.53 Å². The zero-order valence-electron chi connectivity index (χ0n) is 18.6. The Balaban J connectivity index is 1.72. The van der Waals surface area contributed by atoms with Crippen LogP contribution >= 0.6 is 11.3 Å². The normalized spacial score (nSPS) is 14.9. The Morgan fingerprint density at radius 1 is 1.19 bits per heavy atom. The summed E-state index contributed by atoms with van der Waals surface area (Å²) in [6.07, 6.45) is 2.03. The highest BCUT2D eigenvalue weighted by Crippen LogP contribution is 2.36. The van der Waals surface area contributed by atoms with Gasteiger partial charge in [-0.15, -0.1) is 11.3 Å². The molecular weight excluding hydrogens is 410 g/mol. The lowest BCUT2D eigenvalue weighted by Crippen LogP contribution is -2.41. The van der Waals surface area contributed by atoms with Crippen LogP contribution in [0.4, 0.5) is 0 Å². The topological polar surface area (TPSA) is 64.4 Å². The van der Waals surface area contributed by atoms with Gasteiger partial charge in [0.05, 0.1) is 12.0 Å². The minimum Gasteiger partial charge on any atom is -0.494 e. The fraction of sp³-hybridized carbons (Fsp3) is 0.458. The lowest BCUT2D eigenvalue weighted by Gasteiger charge is -2.30. The van der Waals surface area contributed by atoms with E-state index >= 15 is 0 Å². The van der Waals surface area contributed by atoms with Gasteiger partial charge in [0.25, 0.3) is 5.56 Å². The van der Waals surface area contributed by atoms with E-state index in [-0.39, 0.29) is 18.0 Å². The number of amides is 1. The summed E-state index contributed by atoms with van der Waals surface area (Å²) in [7, 11) is 0. The second kappa shape index (κ2) is 8.83. The van der Waals surface area contributed by atoms with Gasteiger partial charge in [-0.1, -0.05) is 19.1 Å². The highest BCUT2D eigenvalue weighted by atomic mass is 32.1. The third-order valence-corrected chi connectivity index (χ3v) is 7.06. The van der Waals surface area contributed by atoms with E-state index in [9.17, 15) is 9.59 Å². The Morgan fingerprint density at radius 3 is 2.52 bits per heavy atom. The smallest absolute Gasteiger partial charge is 0.263 e. The maximum absolute atomic E-state index is 13.5. The zero-order chi connectivity index (χ0) is 22.1. The molecule has 4 rings (SSSR count). The average molecular weight is 440 g/mol. The highest BCUT2D eigenvalue weighted by Gasteiger charge is 2.23. The number of nitrogens with zero attached hydrogens (tertiary/aromatic N) is 3. The Kier molecular flexibility index (Phi) is 6.14. The van der Waals surface area contributed by atoms with Crippen LogP contribution in [0.2, 0.25) is 0 Å². The molecule has 164 valence electrons. The van der Waals surface area contributed by atoms with Crippen molar-refractivity contribution in [2.24, 2.45) is 5.92 Å². The summed E-state index contributed by atoms with van der Waals surface area (Å²) in [6.45, 7) is 10.2. The molecule has 0 unspecified atom stereocenters. The van der Waals surface area contributed by atoms with Gasteiger partial charge in [-0.3, -0.25) is 14.2 Å². The molecule has 1 aliphatic rings. The van der Waals surface area contributed by atoms with Crippen LogP contribution in [-0.2, 0) is 11.3 Å². The zero-order valence-corrected chi connectivity index (χ0v) is 19.4. The Labute approximate surface area is 186 Å². The standard InChI is InChI=1S/C24H29N3O3S/c1-5-30-19-8-6-18(7-9-19)21-16(3)31-23-22(21)24(29)27(17(4)25-23)14-20(28)26-12-10-15(2)11-13-26/h6-9,15H,5,10-14H2,1-4H3. The lowest BCUT2D eigenvalue weighted by atomic mass is 9.99. The Morgan fingerprint density at radius 2 is 1.87 bits per heavy atom. The predicted octanol–water partition coefficient (Wildman–Crippen LogP) is 4.40. The summed E-state index contributed by atoms with van der Waals surface area (Å²) in [5.74, 6) is 2.02. The average Bonchev–Trinajstić information content (AvgIpc) is 3.08. The molecule has 2 aromatic heterocycles. The van der Waals surface area contributed by atoms with Crippen LogP contribution in [0, 0.1) is 19.8 Å². The quantitative estimate of drug-likeness (QED) is 0.591. The molecule has 0 aliphatic carbocycles. The first kappa shape index (κ1) is 21.6. The molecule has 0 atom stereocenters. The van der Waals surface area contributed by atoms with Crippen LogP contribution in [0.25, 0.3) is 21.3 Å². The van der Waals surface area contributed by atoms with Gasteiger partial charge in [-0.05, 0) is 57.2 Å². The number of aromatic nitrogens is 2. The number of ether oxygens (including phenoxy) is 1. The van der Waals surface area contributed by atoms with Crippen molar-refractivity contribution in [3.8, 4) is 16.9 Å². The van der Waals surface area contributed by atoms with Crippen molar-refractivity contribution in [1.82, 2.24) is 14.5 Å². The van der Waals surface area contributed by atoms with E-state index in [4.69, 9.17) is 4.74 Å². The van der Waals surface area contributed by atoms with Gasteiger partial charge in [0.1, 0.15) is 22.9 Å². The molecule has 0 radical (unpaired) electrons. The van der Waals surface area contributed by atoms with E-state index in [0.29, 0.717) is 23.7 Å². The molecule has 3 heterocycles. The number of hydrogen-bond donors (Lipinski definition) is 0. The van der Waals surface area contributed by atoms with Crippen molar-refractivity contribution in [3.63, 3.8) is 0 Å². The molecular formula is C24H29N3O3S. The van der Waals surface area contributed by atoms with Crippen LogP contribution in [0.5, 0.6) is 5.75 Å². The minimum atomic E-state index is -0.144. The maximum Gasteiger partial charge on any atom is 0.263 e. The lowest BCUT2D eigenvalue weighted by molar-refractivity contribution is -0.133. The van der Waals surface area contributed by atoms with E-state index in [1.807, 2.05) is 43.0 Å². The van der Waals surface area contributed by atoms with Gasteiger partial charge >= 0.3 is 0 Å². The fourth-order valence-electron chi connectivity index (χ4n) is 4.21. The van der Waals surface area contributed by atoms with Crippen molar-refractivity contribution in [2.75, 3.05) is 19.7 Å².